The Morgan fingerprint density at radius 1 is 1.30 bits per heavy atom. The Morgan fingerprint density at radius 2 is 2.05 bits per heavy atom. The molecule has 1 atom stereocenters. The highest BCUT2D eigenvalue weighted by Crippen LogP contribution is 2.28. The van der Waals surface area contributed by atoms with Gasteiger partial charge in [0.05, 0.1) is 6.61 Å². The van der Waals surface area contributed by atoms with Gasteiger partial charge >= 0.3 is 0 Å². The van der Waals surface area contributed by atoms with E-state index in [9.17, 15) is 13.5 Å². The van der Waals surface area contributed by atoms with Crippen LogP contribution in [0.3, 0.4) is 0 Å². The number of rotatable bonds is 8. The average Bonchev–Trinajstić information content (AvgIpc) is 3.27. The Bertz CT molecular complexity index is 397. The van der Waals surface area contributed by atoms with Crippen LogP contribution in [0, 0.1) is 11.8 Å². The van der Waals surface area contributed by atoms with Gasteiger partial charge in [-0.3, -0.25) is 0 Å². The maximum absolute atomic E-state index is 12.4. The second kappa shape index (κ2) is 7.17. The second-order valence-electron chi connectivity index (χ2n) is 5.90. The van der Waals surface area contributed by atoms with Crippen molar-refractivity contribution in [1.82, 2.24) is 8.61 Å². The Balaban J connectivity index is 1.77. The summed E-state index contributed by atoms with van der Waals surface area (Å²) in [6.45, 7) is 2.61. The highest BCUT2D eigenvalue weighted by Gasteiger charge is 2.31. The number of ether oxygens (including phenoxy) is 1. The fraction of sp³-hybridized carbons (Fsp3) is 1.00. The van der Waals surface area contributed by atoms with Gasteiger partial charge in [-0.05, 0) is 37.5 Å². The van der Waals surface area contributed by atoms with Crippen LogP contribution in [0.5, 0.6) is 0 Å². The van der Waals surface area contributed by atoms with Crippen molar-refractivity contribution in [2.45, 2.75) is 25.7 Å². The number of nitrogens with zero attached hydrogens (tertiary/aromatic N) is 2. The predicted octanol–water partition coefficient (Wildman–Crippen LogP) is 0.294. The summed E-state index contributed by atoms with van der Waals surface area (Å²) in [4.78, 5) is 0. The molecule has 1 N–H and O–H groups in total. The first-order valence-corrected chi connectivity index (χ1v) is 8.83. The molecule has 1 aliphatic heterocycles. The minimum atomic E-state index is -3.41. The Labute approximate surface area is 121 Å². The van der Waals surface area contributed by atoms with Crippen LogP contribution in [0.25, 0.3) is 0 Å². The molecule has 1 saturated carbocycles. The summed E-state index contributed by atoms with van der Waals surface area (Å²) >= 11 is 0. The molecule has 0 aromatic rings. The zero-order valence-corrected chi connectivity index (χ0v) is 13.0. The monoisotopic (exact) mass is 306 g/mol. The highest BCUT2D eigenvalue weighted by atomic mass is 32.2. The van der Waals surface area contributed by atoms with Gasteiger partial charge < -0.3 is 9.84 Å². The number of aliphatic hydroxyl groups is 1. The van der Waals surface area contributed by atoms with E-state index in [1.807, 2.05) is 0 Å². The van der Waals surface area contributed by atoms with Gasteiger partial charge in [-0.15, -0.1) is 0 Å². The van der Waals surface area contributed by atoms with Crippen LogP contribution < -0.4 is 0 Å². The second-order valence-corrected chi connectivity index (χ2v) is 7.93. The van der Waals surface area contributed by atoms with E-state index in [1.54, 1.807) is 7.05 Å². The van der Waals surface area contributed by atoms with Crippen molar-refractivity contribution in [3.63, 3.8) is 0 Å². The molecule has 0 bridgehead atoms. The quantitative estimate of drug-likeness (QED) is 0.655. The van der Waals surface area contributed by atoms with Crippen LogP contribution >= 0.6 is 0 Å². The summed E-state index contributed by atoms with van der Waals surface area (Å²) in [5.74, 6) is 0.766. The van der Waals surface area contributed by atoms with Gasteiger partial charge in [0.25, 0.3) is 10.2 Å². The van der Waals surface area contributed by atoms with E-state index in [4.69, 9.17) is 4.74 Å². The van der Waals surface area contributed by atoms with Gasteiger partial charge in [0.1, 0.15) is 0 Å². The molecule has 2 fully saturated rings. The minimum Gasteiger partial charge on any atom is -0.396 e. The van der Waals surface area contributed by atoms with Crippen LogP contribution in [0.2, 0.25) is 0 Å². The molecule has 0 amide bonds. The van der Waals surface area contributed by atoms with Crippen LogP contribution in [0.4, 0.5) is 0 Å². The summed E-state index contributed by atoms with van der Waals surface area (Å²) in [6.07, 6.45) is 4.20. The standard InChI is InChI=1S/C13H26N2O4S/c1-14(7-8-19-11-12-4-5-12)20(17,18)15-6-2-3-13(9-15)10-16/h12-13,16H,2-11H2,1H3. The minimum absolute atomic E-state index is 0.0558. The lowest BCUT2D eigenvalue weighted by atomic mass is 10.0. The maximum atomic E-state index is 12.4. The lowest BCUT2D eigenvalue weighted by molar-refractivity contribution is 0.114. The average molecular weight is 306 g/mol. The van der Waals surface area contributed by atoms with Crippen molar-refractivity contribution in [3.05, 3.63) is 0 Å². The largest absolute Gasteiger partial charge is 0.396 e. The summed E-state index contributed by atoms with van der Waals surface area (Å²) < 4.78 is 33.1. The SMILES string of the molecule is CN(CCOCC1CC1)S(=O)(=O)N1CCCC(CO)C1. The first kappa shape index (κ1) is 16.2. The lowest BCUT2D eigenvalue weighted by Crippen LogP contribution is -2.48. The molecular weight excluding hydrogens is 280 g/mol. The van der Waals surface area contributed by atoms with E-state index in [0.29, 0.717) is 32.2 Å². The third-order valence-corrected chi connectivity index (χ3v) is 6.02. The molecule has 0 aromatic carbocycles. The number of hydrogen-bond donors (Lipinski definition) is 1. The number of hydrogen-bond acceptors (Lipinski definition) is 4. The number of piperidine rings is 1. The van der Waals surface area contributed by atoms with E-state index in [0.717, 1.165) is 19.4 Å². The van der Waals surface area contributed by atoms with Gasteiger partial charge in [0, 0.05) is 39.9 Å². The van der Waals surface area contributed by atoms with Gasteiger partial charge in [0.2, 0.25) is 0 Å². The molecule has 2 aliphatic rings. The molecule has 2 rings (SSSR count). The summed E-state index contributed by atoms with van der Waals surface area (Å²) in [5, 5.41) is 9.19. The first-order valence-electron chi connectivity index (χ1n) is 7.44. The van der Waals surface area contributed by atoms with Gasteiger partial charge in [0.15, 0.2) is 0 Å². The molecule has 0 radical (unpaired) electrons. The Kier molecular flexibility index (Phi) is 5.80. The van der Waals surface area contributed by atoms with E-state index < -0.39 is 10.2 Å². The Morgan fingerprint density at radius 3 is 2.70 bits per heavy atom. The third kappa shape index (κ3) is 4.39. The highest BCUT2D eigenvalue weighted by molar-refractivity contribution is 7.86. The fourth-order valence-corrected chi connectivity index (χ4v) is 3.88. The fourth-order valence-electron chi connectivity index (χ4n) is 2.43. The normalized spacial score (nSPS) is 25.2. The number of aliphatic hydroxyl groups excluding tert-OH is 1. The molecule has 1 heterocycles. The van der Waals surface area contributed by atoms with E-state index in [2.05, 4.69) is 0 Å². The Hall–Kier alpha value is -0.210. The van der Waals surface area contributed by atoms with Gasteiger partial charge in [-0.2, -0.15) is 17.0 Å². The van der Waals surface area contributed by atoms with Crippen molar-refractivity contribution in [2.75, 3.05) is 46.5 Å². The summed E-state index contributed by atoms with van der Waals surface area (Å²) in [7, 11) is -1.82. The topological polar surface area (TPSA) is 70.1 Å². The van der Waals surface area contributed by atoms with Crippen molar-refractivity contribution in [3.8, 4) is 0 Å². The lowest BCUT2D eigenvalue weighted by Gasteiger charge is -2.33. The van der Waals surface area contributed by atoms with Crippen molar-refractivity contribution < 1.29 is 18.3 Å². The number of likely N-dealkylation sites (N-methyl/N-ethyl adjacent to an activating group) is 1. The zero-order chi connectivity index (χ0) is 14.6. The summed E-state index contributed by atoms with van der Waals surface area (Å²) in [5.41, 5.74) is 0. The molecule has 1 aliphatic carbocycles. The van der Waals surface area contributed by atoms with Gasteiger partial charge in [-0.1, -0.05) is 0 Å². The van der Waals surface area contributed by atoms with Crippen molar-refractivity contribution in [2.24, 2.45) is 11.8 Å². The van der Waals surface area contributed by atoms with E-state index in [-0.39, 0.29) is 12.5 Å². The van der Waals surface area contributed by atoms with Crippen LogP contribution in [0.15, 0.2) is 0 Å². The van der Waals surface area contributed by atoms with Crippen molar-refractivity contribution >= 4 is 10.2 Å². The maximum Gasteiger partial charge on any atom is 0.281 e. The first-order chi connectivity index (χ1) is 9.54. The summed E-state index contributed by atoms with van der Waals surface area (Å²) in [6, 6.07) is 0. The van der Waals surface area contributed by atoms with Crippen LogP contribution in [-0.2, 0) is 14.9 Å². The molecule has 20 heavy (non-hydrogen) atoms. The molecule has 118 valence electrons. The van der Waals surface area contributed by atoms with E-state index >= 15 is 0 Å². The molecule has 1 saturated heterocycles. The van der Waals surface area contributed by atoms with E-state index in [1.165, 1.54) is 21.5 Å². The zero-order valence-electron chi connectivity index (χ0n) is 12.2. The molecular formula is C13H26N2O4S. The molecule has 6 nitrogen and oxygen atoms in total. The van der Waals surface area contributed by atoms with Crippen LogP contribution in [0.1, 0.15) is 25.7 Å². The van der Waals surface area contributed by atoms with Crippen molar-refractivity contribution in [1.29, 1.82) is 0 Å². The molecule has 0 spiro atoms. The smallest absolute Gasteiger partial charge is 0.281 e. The third-order valence-electron chi connectivity index (χ3n) is 4.06. The van der Waals surface area contributed by atoms with Gasteiger partial charge in [-0.25, -0.2) is 0 Å². The molecule has 7 heteroatoms. The molecule has 1 unspecified atom stereocenters. The van der Waals surface area contributed by atoms with Crippen LogP contribution in [-0.4, -0.2) is 68.6 Å². The molecule has 0 aromatic heterocycles. The predicted molar refractivity (Wildman–Crippen MR) is 76.5 cm³/mol.